The van der Waals surface area contributed by atoms with Crippen LogP contribution in [0.2, 0.25) is 0 Å². The predicted molar refractivity (Wildman–Crippen MR) is 83.2 cm³/mol. The number of carbonyl (C=O) groups excluding carboxylic acids is 1. The number of phenolic OH excluding ortho intramolecular Hbond substituents is 2. The van der Waals surface area contributed by atoms with Crippen molar-refractivity contribution in [3.8, 4) is 11.5 Å². The van der Waals surface area contributed by atoms with Crippen molar-refractivity contribution in [2.45, 2.75) is 0 Å². The molecule has 8 nitrogen and oxygen atoms in total. The van der Waals surface area contributed by atoms with Gasteiger partial charge in [-0.1, -0.05) is 24.3 Å². The van der Waals surface area contributed by atoms with E-state index >= 15 is 0 Å². The second-order valence-corrected chi connectivity index (χ2v) is 4.71. The molecule has 0 bridgehead atoms. The molecule has 0 unspecified atom stereocenters. The molecule has 0 saturated carbocycles. The highest BCUT2D eigenvalue weighted by molar-refractivity contribution is 6.12. The second kappa shape index (κ2) is 6.61. The number of carbonyl (C=O) groups is 2. The van der Waals surface area contributed by atoms with Gasteiger partial charge >= 0.3 is 11.7 Å². The van der Waals surface area contributed by atoms with E-state index in [2.05, 4.69) is 0 Å². The smallest absolute Gasteiger partial charge is 0.336 e. The van der Waals surface area contributed by atoms with Gasteiger partial charge in [0.2, 0.25) is 5.75 Å². The monoisotopic (exact) mass is 329 g/mol. The third-order valence-electron chi connectivity index (χ3n) is 3.14. The van der Waals surface area contributed by atoms with E-state index in [-0.39, 0.29) is 16.7 Å². The van der Waals surface area contributed by atoms with Crippen LogP contribution in [-0.2, 0) is 0 Å². The quantitative estimate of drug-likeness (QED) is 0.252. The number of benzene rings is 2. The zero-order valence-corrected chi connectivity index (χ0v) is 12.0. The molecular formula is C16H11NO7. The minimum absolute atomic E-state index is 0.0428. The highest BCUT2D eigenvalue weighted by Gasteiger charge is 2.18. The van der Waals surface area contributed by atoms with Crippen LogP contribution < -0.4 is 0 Å². The highest BCUT2D eigenvalue weighted by Crippen LogP contribution is 2.36. The Labute approximate surface area is 135 Å². The maximum absolute atomic E-state index is 12.1. The van der Waals surface area contributed by atoms with Gasteiger partial charge in [0.15, 0.2) is 11.5 Å². The minimum atomic E-state index is -1.26. The van der Waals surface area contributed by atoms with Crippen molar-refractivity contribution in [1.82, 2.24) is 0 Å². The summed E-state index contributed by atoms with van der Waals surface area (Å²) in [5.74, 6) is -3.46. The van der Waals surface area contributed by atoms with E-state index in [1.807, 2.05) is 0 Å². The Morgan fingerprint density at radius 2 is 1.71 bits per heavy atom. The third-order valence-corrected chi connectivity index (χ3v) is 3.14. The Kier molecular flexibility index (Phi) is 4.60. The summed E-state index contributed by atoms with van der Waals surface area (Å²) in [6.07, 6.45) is 2.20. The van der Waals surface area contributed by atoms with Crippen LogP contribution in [0.1, 0.15) is 26.3 Å². The van der Waals surface area contributed by atoms with Gasteiger partial charge in [-0.15, -0.1) is 0 Å². The lowest BCUT2D eigenvalue weighted by Gasteiger charge is -2.02. The van der Waals surface area contributed by atoms with E-state index in [1.54, 1.807) is 0 Å². The summed E-state index contributed by atoms with van der Waals surface area (Å²) in [6.45, 7) is 0. The van der Waals surface area contributed by atoms with Gasteiger partial charge in [0, 0.05) is 11.6 Å². The molecule has 2 aromatic carbocycles. The average Bonchev–Trinajstić information content (AvgIpc) is 2.55. The molecule has 0 aliphatic rings. The molecule has 0 saturated heterocycles. The Morgan fingerprint density at radius 3 is 2.29 bits per heavy atom. The Bertz CT molecular complexity index is 871. The summed E-state index contributed by atoms with van der Waals surface area (Å²) in [4.78, 5) is 33.1. The third kappa shape index (κ3) is 3.38. The number of aromatic carboxylic acids is 1. The number of nitrogens with zero attached hydrogens (tertiary/aromatic N) is 1. The van der Waals surface area contributed by atoms with Crippen LogP contribution in [0.15, 0.2) is 42.5 Å². The van der Waals surface area contributed by atoms with Gasteiger partial charge in [0.25, 0.3) is 0 Å². The first-order valence-corrected chi connectivity index (χ1v) is 6.56. The highest BCUT2D eigenvalue weighted by atomic mass is 16.6. The Morgan fingerprint density at radius 1 is 1.08 bits per heavy atom. The second-order valence-electron chi connectivity index (χ2n) is 4.71. The molecule has 2 rings (SSSR count). The van der Waals surface area contributed by atoms with Crippen molar-refractivity contribution < 1.29 is 29.8 Å². The predicted octanol–water partition coefficient (Wildman–Crippen LogP) is 2.60. The zero-order chi connectivity index (χ0) is 17.9. The summed E-state index contributed by atoms with van der Waals surface area (Å²) < 4.78 is 0. The molecular weight excluding hydrogens is 318 g/mol. The minimum Gasteiger partial charge on any atom is -0.504 e. The zero-order valence-electron chi connectivity index (χ0n) is 12.0. The van der Waals surface area contributed by atoms with Crippen molar-refractivity contribution in [1.29, 1.82) is 0 Å². The molecule has 0 heterocycles. The molecule has 2 aromatic rings. The van der Waals surface area contributed by atoms with Crippen molar-refractivity contribution in [2.24, 2.45) is 0 Å². The number of hydrogen-bond acceptors (Lipinski definition) is 6. The van der Waals surface area contributed by atoms with E-state index < -0.39 is 33.9 Å². The summed E-state index contributed by atoms with van der Waals surface area (Å²) in [5, 5.41) is 38.7. The number of rotatable bonds is 5. The molecule has 0 aliphatic carbocycles. The fraction of sp³-hybridized carbons (Fsp3) is 0. The number of nitro benzene ring substituents is 1. The lowest BCUT2D eigenvalue weighted by atomic mass is 10.0. The van der Waals surface area contributed by atoms with Crippen LogP contribution >= 0.6 is 0 Å². The first-order chi connectivity index (χ1) is 11.3. The van der Waals surface area contributed by atoms with Crippen LogP contribution in [0.3, 0.4) is 0 Å². The van der Waals surface area contributed by atoms with Gasteiger partial charge in [0.1, 0.15) is 0 Å². The van der Waals surface area contributed by atoms with Gasteiger partial charge in [-0.25, -0.2) is 4.79 Å². The molecule has 0 amide bonds. The molecule has 3 N–H and O–H groups in total. The van der Waals surface area contributed by atoms with Crippen molar-refractivity contribution in [3.05, 3.63) is 69.3 Å². The maximum atomic E-state index is 12.1. The summed E-state index contributed by atoms with van der Waals surface area (Å²) >= 11 is 0. The first-order valence-electron chi connectivity index (χ1n) is 6.56. The number of phenols is 2. The standard InChI is InChI=1S/C16H11NO7/c18-13(10-3-1-2-4-11(10)16(21)22)6-5-9-7-12(17(23)24)15(20)14(19)8-9/h1-8,19-20H,(H,21,22)/b6-5+. The molecule has 0 spiro atoms. The van der Waals surface area contributed by atoms with Crippen LogP contribution in [0.5, 0.6) is 11.5 Å². The van der Waals surface area contributed by atoms with Gasteiger partial charge in [-0.2, -0.15) is 0 Å². The largest absolute Gasteiger partial charge is 0.504 e. The number of carboxylic acids is 1. The summed E-state index contributed by atoms with van der Waals surface area (Å²) in [5.41, 5.74) is -0.836. The number of carboxylic acid groups (broad SMARTS) is 1. The van der Waals surface area contributed by atoms with Crippen molar-refractivity contribution >= 4 is 23.5 Å². The topological polar surface area (TPSA) is 138 Å². The summed E-state index contributed by atoms with van der Waals surface area (Å²) in [6, 6.07) is 7.61. The van der Waals surface area contributed by atoms with E-state index in [4.69, 9.17) is 5.11 Å². The summed E-state index contributed by atoms with van der Waals surface area (Å²) in [7, 11) is 0. The number of nitro groups is 1. The van der Waals surface area contributed by atoms with Crippen molar-refractivity contribution in [3.63, 3.8) is 0 Å². The normalized spacial score (nSPS) is 10.7. The van der Waals surface area contributed by atoms with Crippen LogP contribution in [0.4, 0.5) is 5.69 Å². The number of hydrogen-bond donors (Lipinski definition) is 3. The molecule has 0 radical (unpaired) electrons. The fourth-order valence-electron chi connectivity index (χ4n) is 2.01. The number of aromatic hydroxyl groups is 2. The Hall–Kier alpha value is -3.68. The van der Waals surface area contributed by atoms with E-state index in [1.165, 1.54) is 30.3 Å². The lowest BCUT2D eigenvalue weighted by Crippen LogP contribution is -2.06. The van der Waals surface area contributed by atoms with E-state index in [9.17, 15) is 29.9 Å². The number of ketones is 1. The number of allylic oxidation sites excluding steroid dienone is 1. The van der Waals surface area contributed by atoms with Gasteiger partial charge in [-0.05, 0) is 23.8 Å². The van der Waals surface area contributed by atoms with Crippen molar-refractivity contribution in [2.75, 3.05) is 0 Å². The molecule has 122 valence electrons. The average molecular weight is 329 g/mol. The maximum Gasteiger partial charge on any atom is 0.336 e. The molecule has 0 fully saturated rings. The molecule has 0 aliphatic heterocycles. The van der Waals surface area contributed by atoms with E-state index in [0.29, 0.717) is 0 Å². The van der Waals surface area contributed by atoms with Crippen LogP contribution in [-0.4, -0.2) is 32.0 Å². The lowest BCUT2D eigenvalue weighted by molar-refractivity contribution is -0.386. The van der Waals surface area contributed by atoms with Gasteiger partial charge < -0.3 is 15.3 Å². The SMILES string of the molecule is O=C(O)c1ccccc1C(=O)/C=C/c1cc(O)c(O)c([N+](=O)[O-])c1. The molecule has 24 heavy (non-hydrogen) atoms. The van der Waals surface area contributed by atoms with Crippen LogP contribution in [0, 0.1) is 10.1 Å². The molecule has 8 heteroatoms. The first kappa shape index (κ1) is 16.7. The van der Waals surface area contributed by atoms with Gasteiger partial charge in [-0.3, -0.25) is 14.9 Å². The van der Waals surface area contributed by atoms with Crippen LogP contribution in [0.25, 0.3) is 6.08 Å². The molecule has 0 atom stereocenters. The van der Waals surface area contributed by atoms with Gasteiger partial charge in [0.05, 0.1) is 10.5 Å². The molecule has 0 aromatic heterocycles. The Balaban J connectivity index is 2.37. The fourth-order valence-corrected chi connectivity index (χ4v) is 2.01. The van der Waals surface area contributed by atoms with E-state index in [0.717, 1.165) is 18.2 Å².